The van der Waals surface area contributed by atoms with Gasteiger partial charge in [0.25, 0.3) is 0 Å². The molecule has 0 bridgehead atoms. The molecule has 0 radical (unpaired) electrons. The van der Waals surface area contributed by atoms with Gasteiger partial charge in [0, 0.05) is 32.0 Å². The van der Waals surface area contributed by atoms with Crippen molar-refractivity contribution >= 4 is 12.4 Å². The number of nitrogens with zero attached hydrogens (tertiary/aromatic N) is 1. The van der Waals surface area contributed by atoms with E-state index < -0.39 is 5.92 Å². The predicted molar refractivity (Wildman–Crippen MR) is 75.1 cm³/mol. The zero-order valence-electron chi connectivity index (χ0n) is 11.4. The van der Waals surface area contributed by atoms with Crippen LogP contribution >= 0.6 is 12.4 Å². The highest BCUT2D eigenvalue weighted by molar-refractivity contribution is 5.85. The summed E-state index contributed by atoms with van der Waals surface area (Å²) in [5.41, 5.74) is 0. The number of hydrogen-bond acceptors (Lipinski definition) is 2. The van der Waals surface area contributed by atoms with Gasteiger partial charge in [-0.3, -0.25) is 0 Å². The van der Waals surface area contributed by atoms with Gasteiger partial charge in [0.2, 0.25) is 5.92 Å². The van der Waals surface area contributed by atoms with Gasteiger partial charge in [-0.25, -0.2) is 8.78 Å². The maximum atomic E-state index is 13.4. The van der Waals surface area contributed by atoms with Crippen molar-refractivity contribution in [3.05, 3.63) is 0 Å². The van der Waals surface area contributed by atoms with E-state index in [-0.39, 0.29) is 31.2 Å². The Bertz CT molecular complexity index is 301. The number of hydrogen-bond donors (Lipinski definition) is 1. The minimum absolute atomic E-state index is 0. The van der Waals surface area contributed by atoms with Crippen molar-refractivity contribution in [1.29, 1.82) is 0 Å². The van der Waals surface area contributed by atoms with Gasteiger partial charge in [-0.05, 0) is 50.6 Å². The normalized spacial score (nSPS) is 38.5. The average Bonchev–Trinajstić information content (AvgIpc) is 2.74. The molecular formula is C14H25ClF2N2. The van der Waals surface area contributed by atoms with Crippen LogP contribution in [0.5, 0.6) is 0 Å². The molecule has 1 N–H and O–H groups in total. The highest BCUT2D eigenvalue weighted by Gasteiger charge is 2.38. The van der Waals surface area contributed by atoms with Crippen LogP contribution in [0.4, 0.5) is 8.78 Å². The Morgan fingerprint density at radius 1 is 1.21 bits per heavy atom. The first-order valence-corrected chi connectivity index (χ1v) is 7.46. The van der Waals surface area contributed by atoms with Gasteiger partial charge in [-0.15, -0.1) is 12.4 Å². The first-order valence-electron chi connectivity index (χ1n) is 7.46. The van der Waals surface area contributed by atoms with Crippen LogP contribution in [-0.2, 0) is 0 Å². The van der Waals surface area contributed by atoms with Gasteiger partial charge in [-0.1, -0.05) is 0 Å². The molecule has 19 heavy (non-hydrogen) atoms. The van der Waals surface area contributed by atoms with E-state index in [2.05, 4.69) is 10.2 Å². The van der Waals surface area contributed by atoms with Crippen molar-refractivity contribution in [2.24, 2.45) is 11.8 Å². The first-order chi connectivity index (χ1) is 8.62. The molecule has 5 heteroatoms. The Morgan fingerprint density at radius 2 is 2.05 bits per heavy atom. The smallest absolute Gasteiger partial charge is 0.248 e. The first kappa shape index (κ1) is 15.5. The summed E-state index contributed by atoms with van der Waals surface area (Å²) in [6, 6.07) is 0.703. The summed E-state index contributed by atoms with van der Waals surface area (Å²) in [5.74, 6) is -1.40. The van der Waals surface area contributed by atoms with Crippen LogP contribution in [0.3, 0.4) is 0 Å². The molecule has 3 unspecified atom stereocenters. The number of rotatable bonds is 2. The molecule has 0 aromatic rings. The molecule has 112 valence electrons. The van der Waals surface area contributed by atoms with Crippen molar-refractivity contribution < 1.29 is 8.78 Å². The minimum atomic E-state index is -2.39. The summed E-state index contributed by atoms with van der Waals surface area (Å²) >= 11 is 0. The maximum absolute atomic E-state index is 13.4. The topological polar surface area (TPSA) is 15.3 Å². The second-order valence-electron chi connectivity index (χ2n) is 6.48. The summed E-state index contributed by atoms with van der Waals surface area (Å²) in [6.45, 7) is 4.26. The van der Waals surface area contributed by atoms with E-state index in [1.807, 2.05) is 0 Å². The van der Waals surface area contributed by atoms with E-state index in [4.69, 9.17) is 0 Å². The molecule has 1 saturated carbocycles. The highest BCUT2D eigenvalue weighted by atomic mass is 35.5. The van der Waals surface area contributed by atoms with Crippen molar-refractivity contribution in [3.63, 3.8) is 0 Å². The van der Waals surface area contributed by atoms with Crippen molar-refractivity contribution in [1.82, 2.24) is 10.2 Å². The fourth-order valence-electron chi connectivity index (χ4n) is 4.09. The quantitative estimate of drug-likeness (QED) is 0.842. The molecule has 0 aromatic heterocycles. The zero-order chi connectivity index (χ0) is 12.6. The molecule has 3 rings (SSSR count). The van der Waals surface area contributed by atoms with Gasteiger partial charge >= 0.3 is 0 Å². The van der Waals surface area contributed by atoms with E-state index >= 15 is 0 Å². The minimum Gasteiger partial charge on any atom is -0.314 e. The molecule has 0 aromatic carbocycles. The maximum Gasteiger partial charge on any atom is 0.248 e. The number of alkyl halides is 2. The van der Waals surface area contributed by atoms with Crippen molar-refractivity contribution in [2.75, 3.05) is 26.2 Å². The monoisotopic (exact) mass is 294 g/mol. The standard InChI is InChI=1S/C14H24F2N2.ClH/c15-14(16)5-1-2-11(8-14)9-18-7-4-13-12(10-18)3-6-17-13;/h11-13,17H,1-10H2;1H. The van der Waals surface area contributed by atoms with Crippen LogP contribution in [0.25, 0.3) is 0 Å². The number of nitrogens with one attached hydrogen (secondary N) is 1. The van der Waals surface area contributed by atoms with Crippen LogP contribution in [0.15, 0.2) is 0 Å². The molecule has 2 saturated heterocycles. The van der Waals surface area contributed by atoms with Crippen molar-refractivity contribution in [2.45, 2.75) is 50.5 Å². The number of piperidine rings is 1. The SMILES string of the molecule is Cl.FC1(F)CCCC(CN2CCC3NCCC3C2)C1. The molecule has 3 fully saturated rings. The Hall–Kier alpha value is 0.0700. The van der Waals surface area contributed by atoms with Gasteiger partial charge < -0.3 is 10.2 Å². The van der Waals surface area contributed by atoms with E-state index in [9.17, 15) is 8.78 Å². The van der Waals surface area contributed by atoms with E-state index in [1.54, 1.807) is 0 Å². The summed E-state index contributed by atoms with van der Waals surface area (Å²) < 4.78 is 26.8. The zero-order valence-corrected chi connectivity index (χ0v) is 12.2. The van der Waals surface area contributed by atoms with Crippen LogP contribution in [-0.4, -0.2) is 43.0 Å². The van der Waals surface area contributed by atoms with Crippen LogP contribution in [0, 0.1) is 11.8 Å². The molecule has 0 spiro atoms. The second kappa shape index (κ2) is 6.23. The molecule has 3 atom stereocenters. The summed E-state index contributed by atoms with van der Waals surface area (Å²) in [4.78, 5) is 2.44. The number of likely N-dealkylation sites (tertiary alicyclic amines) is 1. The predicted octanol–water partition coefficient (Wildman–Crippen LogP) is 2.92. The Kier molecular flexibility index (Phi) is 5.07. The lowest BCUT2D eigenvalue weighted by Crippen LogP contribution is -2.46. The molecule has 1 aliphatic carbocycles. The molecule has 3 aliphatic rings. The molecule has 2 heterocycles. The highest BCUT2D eigenvalue weighted by Crippen LogP contribution is 2.37. The third-order valence-electron chi connectivity index (χ3n) is 5.00. The molecule has 2 nitrogen and oxygen atoms in total. The van der Waals surface area contributed by atoms with Gasteiger partial charge in [0.15, 0.2) is 0 Å². The largest absolute Gasteiger partial charge is 0.314 e. The lowest BCUT2D eigenvalue weighted by atomic mass is 9.85. The number of fused-ring (bicyclic) bond motifs is 1. The van der Waals surface area contributed by atoms with E-state index in [1.165, 1.54) is 12.8 Å². The van der Waals surface area contributed by atoms with Crippen molar-refractivity contribution in [3.8, 4) is 0 Å². The summed E-state index contributed by atoms with van der Waals surface area (Å²) in [6.07, 6.45) is 4.40. The average molecular weight is 295 g/mol. The van der Waals surface area contributed by atoms with Crippen LogP contribution < -0.4 is 5.32 Å². The van der Waals surface area contributed by atoms with Gasteiger partial charge in [0.05, 0.1) is 0 Å². The molecular weight excluding hydrogens is 270 g/mol. The van der Waals surface area contributed by atoms with E-state index in [0.717, 1.165) is 38.5 Å². The molecule has 0 amide bonds. The Balaban J connectivity index is 0.00000133. The summed E-state index contributed by atoms with van der Waals surface area (Å²) in [7, 11) is 0. The fourth-order valence-corrected chi connectivity index (χ4v) is 4.09. The van der Waals surface area contributed by atoms with Gasteiger partial charge in [-0.2, -0.15) is 0 Å². The van der Waals surface area contributed by atoms with Crippen LogP contribution in [0.1, 0.15) is 38.5 Å². The molecule has 2 aliphatic heterocycles. The third-order valence-corrected chi connectivity index (χ3v) is 5.00. The Labute approximate surface area is 120 Å². The Morgan fingerprint density at radius 3 is 2.84 bits per heavy atom. The summed E-state index contributed by atoms with van der Waals surface area (Å²) in [5, 5.41) is 3.55. The fraction of sp³-hybridized carbons (Fsp3) is 1.00. The van der Waals surface area contributed by atoms with Crippen LogP contribution in [0.2, 0.25) is 0 Å². The third kappa shape index (κ3) is 3.79. The number of halogens is 3. The lowest BCUT2D eigenvalue weighted by molar-refractivity contribution is -0.0584. The lowest BCUT2D eigenvalue weighted by Gasteiger charge is -2.38. The van der Waals surface area contributed by atoms with Gasteiger partial charge in [0.1, 0.15) is 0 Å². The van der Waals surface area contributed by atoms with E-state index in [0.29, 0.717) is 12.5 Å². The second-order valence-corrected chi connectivity index (χ2v) is 6.48.